The highest BCUT2D eigenvalue weighted by Gasteiger charge is 2.31. The van der Waals surface area contributed by atoms with Gasteiger partial charge >= 0.3 is 11.9 Å². The Balaban J connectivity index is 1.84. The van der Waals surface area contributed by atoms with Crippen molar-refractivity contribution in [3.05, 3.63) is 118 Å². The second kappa shape index (κ2) is 13.4. The third-order valence-electron chi connectivity index (χ3n) is 6.61. The monoisotopic (exact) mass is 634 g/mol. The van der Waals surface area contributed by atoms with E-state index in [0.29, 0.717) is 27.8 Å². The minimum Gasteiger partial charge on any atom is -0.448 e. The summed E-state index contributed by atoms with van der Waals surface area (Å²) >= 11 is 19.4. The molecule has 0 aliphatic carbocycles. The summed E-state index contributed by atoms with van der Waals surface area (Å²) in [6.07, 6.45) is 0.536. The Labute approximate surface area is 263 Å². The van der Waals surface area contributed by atoms with E-state index in [9.17, 15) is 9.59 Å². The van der Waals surface area contributed by atoms with Gasteiger partial charge in [0.15, 0.2) is 11.5 Å². The van der Waals surface area contributed by atoms with Gasteiger partial charge in [0.05, 0.1) is 21.5 Å². The lowest BCUT2D eigenvalue weighted by atomic mass is 10.1. The second-order valence-corrected chi connectivity index (χ2v) is 10.8. The standard InChI is InChI=1S/C34H25Cl3O6/c1-3-20(2)33(38)42-30-24-19-22(35)17-18-23(24)29(43-34(39)21-11-5-4-6-12-21)31(40-27-15-9-7-13-25(27)36)32(30)41-28-16-10-8-14-26(28)37/h4-20H,3H2,1-2H3. The molecule has 0 bridgehead atoms. The highest BCUT2D eigenvalue weighted by atomic mass is 35.5. The highest BCUT2D eigenvalue weighted by Crippen LogP contribution is 2.55. The van der Waals surface area contributed by atoms with E-state index in [-0.39, 0.29) is 44.5 Å². The second-order valence-electron chi connectivity index (χ2n) is 9.56. The van der Waals surface area contributed by atoms with Crippen molar-refractivity contribution in [2.75, 3.05) is 0 Å². The van der Waals surface area contributed by atoms with E-state index in [1.807, 2.05) is 6.92 Å². The summed E-state index contributed by atoms with van der Waals surface area (Å²) in [5, 5.41) is 1.61. The van der Waals surface area contributed by atoms with Crippen LogP contribution in [0.4, 0.5) is 0 Å². The molecule has 0 saturated heterocycles. The topological polar surface area (TPSA) is 71.1 Å². The van der Waals surface area contributed by atoms with Gasteiger partial charge in [-0.25, -0.2) is 4.79 Å². The molecule has 218 valence electrons. The predicted octanol–water partition coefficient (Wildman–Crippen LogP) is 10.6. The zero-order valence-corrected chi connectivity index (χ0v) is 25.4. The number of halogens is 3. The molecule has 9 heteroatoms. The van der Waals surface area contributed by atoms with Crippen LogP contribution in [0, 0.1) is 5.92 Å². The molecule has 5 rings (SSSR count). The molecule has 0 N–H and O–H groups in total. The highest BCUT2D eigenvalue weighted by molar-refractivity contribution is 6.32. The molecule has 0 heterocycles. The van der Waals surface area contributed by atoms with Gasteiger partial charge in [0.2, 0.25) is 11.5 Å². The smallest absolute Gasteiger partial charge is 0.343 e. The first-order valence-corrected chi connectivity index (χ1v) is 14.5. The zero-order valence-electron chi connectivity index (χ0n) is 23.1. The summed E-state index contributed by atoms with van der Waals surface area (Å²) in [6, 6.07) is 26.9. The molecule has 5 aromatic rings. The van der Waals surface area contributed by atoms with Crippen LogP contribution in [0.15, 0.2) is 97.1 Å². The Bertz CT molecular complexity index is 1810. The van der Waals surface area contributed by atoms with Gasteiger partial charge in [-0.05, 0) is 61.0 Å². The molecule has 0 aromatic heterocycles. The van der Waals surface area contributed by atoms with E-state index in [1.54, 1.807) is 104 Å². The number of carbonyl (C=O) groups is 2. The summed E-state index contributed by atoms with van der Waals surface area (Å²) in [7, 11) is 0. The van der Waals surface area contributed by atoms with E-state index < -0.39 is 17.9 Å². The first-order valence-electron chi connectivity index (χ1n) is 13.4. The SMILES string of the molecule is CCC(C)C(=O)Oc1c(Oc2ccccc2Cl)c(Oc2ccccc2Cl)c(OC(=O)c2ccccc2)c2ccc(Cl)cc12. The molecule has 5 aromatic carbocycles. The minimum atomic E-state index is -0.658. The quantitative estimate of drug-likeness (QED) is 0.119. The van der Waals surface area contributed by atoms with Crippen LogP contribution < -0.4 is 18.9 Å². The fourth-order valence-corrected chi connectivity index (χ4v) is 4.63. The molecular formula is C34H25Cl3O6. The van der Waals surface area contributed by atoms with E-state index in [0.717, 1.165) is 0 Å². The summed E-state index contributed by atoms with van der Waals surface area (Å²) in [5.74, 6) is -1.29. The average Bonchev–Trinajstić information content (AvgIpc) is 3.02. The van der Waals surface area contributed by atoms with Gasteiger partial charge in [0, 0.05) is 15.8 Å². The molecule has 0 saturated carbocycles. The Kier molecular flexibility index (Phi) is 9.41. The Hall–Kier alpha value is -4.23. The number of hydrogen-bond acceptors (Lipinski definition) is 6. The first-order chi connectivity index (χ1) is 20.8. The number of hydrogen-bond donors (Lipinski definition) is 0. The Morgan fingerprint density at radius 1 is 0.651 bits per heavy atom. The number of rotatable bonds is 9. The number of esters is 2. The van der Waals surface area contributed by atoms with Crippen molar-refractivity contribution < 1.29 is 28.5 Å². The van der Waals surface area contributed by atoms with Gasteiger partial charge in [-0.2, -0.15) is 0 Å². The maximum absolute atomic E-state index is 13.4. The van der Waals surface area contributed by atoms with Gasteiger partial charge in [0.25, 0.3) is 0 Å². The van der Waals surface area contributed by atoms with Crippen LogP contribution >= 0.6 is 34.8 Å². The number of ether oxygens (including phenoxy) is 4. The van der Waals surface area contributed by atoms with Crippen LogP contribution in [-0.2, 0) is 4.79 Å². The maximum atomic E-state index is 13.4. The third-order valence-corrected chi connectivity index (χ3v) is 7.47. The van der Waals surface area contributed by atoms with Crippen molar-refractivity contribution in [1.29, 1.82) is 0 Å². The number of carbonyl (C=O) groups excluding carboxylic acids is 2. The summed E-state index contributed by atoms with van der Waals surface area (Å²) < 4.78 is 24.8. The number of para-hydroxylation sites is 2. The molecule has 0 radical (unpaired) electrons. The lowest BCUT2D eigenvalue weighted by Crippen LogP contribution is -2.18. The molecule has 0 aliphatic heterocycles. The zero-order chi connectivity index (χ0) is 30.5. The van der Waals surface area contributed by atoms with E-state index in [1.165, 1.54) is 0 Å². The van der Waals surface area contributed by atoms with E-state index >= 15 is 0 Å². The molecular weight excluding hydrogens is 611 g/mol. The van der Waals surface area contributed by atoms with Crippen molar-refractivity contribution in [3.8, 4) is 34.5 Å². The summed E-state index contributed by atoms with van der Waals surface area (Å²) in [4.78, 5) is 26.7. The van der Waals surface area contributed by atoms with Gasteiger partial charge in [0.1, 0.15) is 11.5 Å². The fraction of sp³-hybridized carbons (Fsp3) is 0.118. The maximum Gasteiger partial charge on any atom is 0.343 e. The number of fused-ring (bicyclic) bond motifs is 1. The van der Waals surface area contributed by atoms with Crippen LogP contribution in [0.1, 0.15) is 30.6 Å². The van der Waals surface area contributed by atoms with Gasteiger partial charge in [-0.15, -0.1) is 0 Å². The van der Waals surface area contributed by atoms with Crippen molar-refractivity contribution >= 4 is 57.5 Å². The third kappa shape index (κ3) is 6.73. The predicted molar refractivity (Wildman–Crippen MR) is 169 cm³/mol. The molecule has 6 nitrogen and oxygen atoms in total. The van der Waals surface area contributed by atoms with Gasteiger partial charge in [-0.1, -0.05) is 91.1 Å². The van der Waals surface area contributed by atoms with Gasteiger partial charge < -0.3 is 18.9 Å². The normalized spacial score (nSPS) is 11.6. The van der Waals surface area contributed by atoms with Crippen molar-refractivity contribution in [3.63, 3.8) is 0 Å². The lowest BCUT2D eigenvalue weighted by molar-refractivity contribution is -0.138. The largest absolute Gasteiger partial charge is 0.448 e. The van der Waals surface area contributed by atoms with Crippen LogP contribution in [-0.4, -0.2) is 11.9 Å². The Morgan fingerprint density at radius 2 is 1.19 bits per heavy atom. The van der Waals surface area contributed by atoms with Crippen LogP contribution in [0.3, 0.4) is 0 Å². The molecule has 0 amide bonds. The van der Waals surface area contributed by atoms with Crippen LogP contribution in [0.2, 0.25) is 15.1 Å². The van der Waals surface area contributed by atoms with Crippen molar-refractivity contribution in [2.45, 2.75) is 20.3 Å². The minimum absolute atomic E-state index is 0.00397. The first kappa shape index (κ1) is 30.2. The number of benzene rings is 5. The molecule has 1 atom stereocenters. The van der Waals surface area contributed by atoms with E-state index in [4.69, 9.17) is 53.8 Å². The molecule has 1 unspecified atom stereocenters. The average molecular weight is 636 g/mol. The lowest BCUT2D eigenvalue weighted by Gasteiger charge is -2.22. The van der Waals surface area contributed by atoms with Crippen molar-refractivity contribution in [1.82, 2.24) is 0 Å². The van der Waals surface area contributed by atoms with Crippen LogP contribution in [0.5, 0.6) is 34.5 Å². The van der Waals surface area contributed by atoms with Crippen LogP contribution in [0.25, 0.3) is 10.8 Å². The van der Waals surface area contributed by atoms with Crippen molar-refractivity contribution in [2.24, 2.45) is 5.92 Å². The van der Waals surface area contributed by atoms with Gasteiger partial charge in [-0.3, -0.25) is 4.79 Å². The molecule has 0 fully saturated rings. The Morgan fingerprint density at radius 3 is 1.74 bits per heavy atom. The summed E-state index contributed by atoms with van der Waals surface area (Å²) in [6.45, 7) is 3.63. The molecule has 43 heavy (non-hydrogen) atoms. The van der Waals surface area contributed by atoms with E-state index in [2.05, 4.69) is 0 Å². The fourth-order valence-electron chi connectivity index (χ4n) is 4.11. The molecule has 0 aliphatic rings. The summed E-state index contributed by atoms with van der Waals surface area (Å²) in [5.41, 5.74) is 0.300. The molecule has 0 spiro atoms.